The third-order valence-corrected chi connectivity index (χ3v) is 4.64. The van der Waals surface area contributed by atoms with E-state index in [1.165, 1.54) is 18.2 Å². The number of aryl methyl sites for hydroxylation is 1. The number of aromatic nitrogens is 2. The molecule has 0 aliphatic carbocycles. The summed E-state index contributed by atoms with van der Waals surface area (Å²) in [6.07, 6.45) is -3.85. The molecule has 1 amide bonds. The summed E-state index contributed by atoms with van der Waals surface area (Å²) in [7, 11) is 1.56. The van der Waals surface area contributed by atoms with Gasteiger partial charge in [-0.1, -0.05) is 18.1 Å². The van der Waals surface area contributed by atoms with Crippen LogP contribution < -0.4 is 10.1 Å². The molecular weight excluding hydrogens is 463 g/mol. The Morgan fingerprint density at radius 3 is 2.63 bits per heavy atom. The van der Waals surface area contributed by atoms with Crippen molar-refractivity contribution in [3.63, 3.8) is 0 Å². The standard InChI is InChI=1S/C25H24F3N3O4/c1-17-4-3-5-18(14-17)6-9-23(32)30-20-15-19(24-29-16-22(31-24)25(26,27)28)7-8-21(20)35-13-12-34-11-10-33-2/h3-5,7-8,14-16H,10-13H2,1-2H3,(H,29,31)(H,30,32). The highest BCUT2D eigenvalue weighted by Crippen LogP contribution is 2.32. The zero-order chi connectivity index (χ0) is 25.3. The van der Waals surface area contributed by atoms with Crippen LogP contribution in [0.1, 0.15) is 16.8 Å². The molecule has 0 saturated heterocycles. The summed E-state index contributed by atoms with van der Waals surface area (Å²) < 4.78 is 54.8. The van der Waals surface area contributed by atoms with Crippen LogP contribution in [0, 0.1) is 18.8 Å². The molecule has 0 aliphatic heterocycles. The van der Waals surface area contributed by atoms with E-state index in [-0.39, 0.29) is 24.7 Å². The summed E-state index contributed by atoms with van der Waals surface area (Å²) in [6, 6.07) is 11.9. The largest absolute Gasteiger partial charge is 0.489 e. The minimum absolute atomic E-state index is 0.00637. The molecule has 184 valence electrons. The van der Waals surface area contributed by atoms with Crippen LogP contribution in [0.5, 0.6) is 5.75 Å². The average molecular weight is 487 g/mol. The predicted molar refractivity (Wildman–Crippen MR) is 124 cm³/mol. The molecule has 3 aromatic rings. The molecule has 1 heterocycles. The molecule has 0 atom stereocenters. The van der Waals surface area contributed by atoms with Gasteiger partial charge in [0.05, 0.1) is 31.7 Å². The Balaban J connectivity index is 1.80. The molecule has 0 spiro atoms. The molecule has 0 unspecified atom stereocenters. The van der Waals surface area contributed by atoms with Crippen molar-refractivity contribution in [3.8, 4) is 29.0 Å². The van der Waals surface area contributed by atoms with Gasteiger partial charge >= 0.3 is 12.1 Å². The SMILES string of the molecule is COCCOCCOc1ccc(-c2ncc(C(F)(F)F)[nH]2)cc1NC(=O)C#Cc1cccc(C)c1. The second kappa shape index (κ2) is 12.1. The highest BCUT2D eigenvalue weighted by atomic mass is 19.4. The summed E-state index contributed by atoms with van der Waals surface area (Å²) in [5.74, 6) is 4.98. The van der Waals surface area contributed by atoms with Crippen LogP contribution in [0.25, 0.3) is 11.4 Å². The highest BCUT2D eigenvalue weighted by molar-refractivity contribution is 6.05. The Kier molecular flexibility index (Phi) is 8.89. The number of imidazole rings is 1. The Bertz CT molecular complexity index is 1210. The maximum absolute atomic E-state index is 12.9. The number of methoxy groups -OCH3 is 1. The number of rotatable bonds is 9. The van der Waals surface area contributed by atoms with Gasteiger partial charge < -0.3 is 24.5 Å². The van der Waals surface area contributed by atoms with E-state index < -0.39 is 17.8 Å². The van der Waals surface area contributed by atoms with E-state index >= 15 is 0 Å². The van der Waals surface area contributed by atoms with Crippen molar-refractivity contribution in [1.82, 2.24) is 9.97 Å². The molecule has 0 saturated carbocycles. The lowest BCUT2D eigenvalue weighted by atomic mass is 10.1. The fraction of sp³-hybridized carbons (Fsp3) is 0.280. The lowest BCUT2D eigenvalue weighted by Gasteiger charge is -2.13. The Morgan fingerprint density at radius 2 is 1.91 bits per heavy atom. The molecule has 2 aromatic carbocycles. The number of anilines is 1. The van der Waals surface area contributed by atoms with Gasteiger partial charge in [-0.05, 0) is 42.8 Å². The lowest BCUT2D eigenvalue weighted by molar-refractivity contribution is -0.140. The van der Waals surface area contributed by atoms with Crippen LogP contribution in [0.3, 0.4) is 0 Å². The van der Waals surface area contributed by atoms with Crippen molar-refractivity contribution in [2.24, 2.45) is 0 Å². The van der Waals surface area contributed by atoms with Gasteiger partial charge in [-0.2, -0.15) is 13.2 Å². The summed E-state index contributed by atoms with van der Waals surface area (Å²) in [4.78, 5) is 18.5. The van der Waals surface area contributed by atoms with E-state index in [0.29, 0.717) is 36.3 Å². The van der Waals surface area contributed by atoms with Crippen molar-refractivity contribution < 1.29 is 32.2 Å². The molecule has 0 radical (unpaired) electrons. The fourth-order valence-electron chi connectivity index (χ4n) is 2.97. The molecule has 35 heavy (non-hydrogen) atoms. The molecule has 3 rings (SSSR count). The average Bonchev–Trinajstić information content (AvgIpc) is 3.32. The number of hydrogen-bond donors (Lipinski definition) is 2. The minimum atomic E-state index is -4.56. The molecule has 2 N–H and O–H groups in total. The number of aromatic amines is 1. The molecule has 0 aliphatic rings. The van der Waals surface area contributed by atoms with Crippen LogP contribution in [-0.2, 0) is 20.4 Å². The van der Waals surface area contributed by atoms with Gasteiger partial charge in [0.1, 0.15) is 23.9 Å². The number of carbonyl (C=O) groups is 1. The minimum Gasteiger partial charge on any atom is -0.489 e. The smallest absolute Gasteiger partial charge is 0.432 e. The number of ether oxygens (including phenoxy) is 3. The monoisotopic (exact) mass is 487 g/mol. The number of carbonyl (C=O) groups excluding carboxylic acids is 1. The number of amides is 1. The van der Waals surface area contributed by atoms with Gasteiger partial charge in [0, 0.05) is 24.2 Å². The van der Waals surface area contributed by atoms with E-state index in [9.17, 15) is 18.0 Å². The molecular formula is C25H24F3N3O4. The lowest BCUT2D eigenvalue weighted by Crippen LogP contribution is -2.13. The van der Waals surface area contributed by atoms with Crippen molar-refractivity contribution in [2.45, 2.75) is 13.1 Å². The van der Waals surface area contributed by atoms with Gasteiger partial charge in [0.15, 0.2) is 0 Å². The van der Waals surface area contributed by atoms with E-state index in [2.05, 4.69) is 27.1 Å². The number of H-pyrrole nitrogens is 1. The zero-order valence-corrected chi connectivity index (χ0v) is 19.2. The number of nitrogens with one attached hydrogen (secondary N) is 2. The molecule has 10 heteroatoms. The quantitative estimate of drug-likeness (QED) is 0.345. The normalized spacial score (nSPS) is 11.0. The van der Waals surface area contributed by atoms with E-state index in [1.54, 1.807) is 13.2 Å². The number of benzene rings is 2. The summed E-state index contributed by atoms with van der Waals surface area (Å²) >= 11 is 0. The Hall–Kier alpha value is -3.81. The predicted octanol–water partition coefficient (Wildman–Crippen LogP) is 4.44. The zero-order valence-electron chi connectivity index (χ0n) is 19.2. The molecule has 1 aromatic heterocycles. The van der Waals surface area contributed by atoms with Crippen LogP contribution in [0.4, 0.5) is 18.9 Å². The Labute approximate surface area is 200 Å². The second-order valence-electron chi connectivity index (χ2n) is 7.38. The van der Waals surface area contributed by atoms with E-state index in [0.717, 1.165) is 5.56 Å². The molecule has 0 fully saturated rings. The fourth-order valence-corrected chi connectivity index (χ4v) is 2.97. The van der Waals surface area contributed by atoms with Crippen LogP contribution >= 0.6 is 0 Å². The summed E-state index contributed by atoms with van der Waals surface area (Å²) in [5.41, 5.74) is 1.26. The van der Waals surface area contributed by atoms with Crippen molar-refractivity contribution in [3.05, 3.63) is 65.5 Å². The van der Waals surface area contributed by atoms with Gasteiger partial charge in [-0.25, -0.2) is 4.98 Å². The summed E-state index contributed by atoms with van der Waals surface area (Å²) in [5, 5.41) is 2.64. The summed E-state index contributed by atoms with van der Waals surface area (Å²) in [6.45, 7) is 3.21. The Morgan fingerprint density at radius 1 is 1.11 bits per heavy atom. The van der Waals surface area contributed by atoms with E-state index in [4.69, 9.17) is 14.2 Å². The van der Waals surface area contributed by atoms with Gasteiger partial charge in [0.25, 0.3) is 0 Å². The van der Waals surface area contributed by atoms with Crippen molar-refractivity contribution >= 4 is 11.6 Å². The number of nitrogens with zero attached hydrogens (tertiary/aromatic N) is 1. The first kappa shape index (κ1) is 25.8. The van der Waals surface area contributed by atoms with Crippen molar-refractivity contribution in [2.75, 3.05) is 38.9 Å². The van der Waals surface area contributed by atoms with Crippen LogP contribution in [0.15, 0.2) is 48.7 Å². The third-order valence-electron chi connectivity index (χ3n) is 4.64. The van der Waals surface area contributed by atoms with Crippen molar-refractivity contribution in [1.29, 1.82) is 0 Å². The van der Waals surface area contributed by atoms with E-state index in [1.807, 2.05) is 25.1 Å². The van der Waals surface area contributed by atoms with Gasteiger partial charge in [0.2, 0.25) is 0 Å². The first-order valence-electron chi connectivity index (χ1n) is 10.6. The molecule has 0 bridgehead atoms. The maximum atomic E-state index is 12.9. The maximum Gasteiger partial charge on any atom is 0.432 e. The number of alkyl halides is 3. The molecule has 7 nitrogen and oxygen atoms in total. The first-order chi connectivity index (χ1) is 16.8. The number of hydrogen-bond acceptors (Lipinski definition) is 5. The number of halogens is 3. The van der Waals surface area contributed by atoms with Gasteiger partial charge in [-0.15, -0.1) is 0 Å². The van der Waals surface area contributed by atoms with Crippen LogP contribution in [-0.4, -0.2) is 49.4 Å². The second-order valence-corrected chi connectivity index (χ2v) is 7.38. The topological polar surface area (TPSA) is 85.5 Å². The van der Waals surface area contributed by atoms with Crippen LogP contribution in [0.2, 0.25) is 0 Å². The third kappa shape index (κ3) is 7.88. The van der Waals surface area contributed by atoms with Gasteiger partial charge in [-0.3, -0.25) is 4.79 Å². The highest BCUT2D eigenvalue weighted by Gasteiger charge is 2.33. The first-order valence-corrected chi connectivity index (χ1v) is 10.6.